The van der Waals surface area contributed by atoms with E-state index in [-0.39, 0.29) is 18.3 Å². The molecule has 1 amide bonds. The Morgan fingerprint density at radius 3 is 2.29 bits per heavy atom. The zero-order valence-corrected chi connectivity index (χ0v) is 15.3. The first-order valence-electron chi connectivity index (χ1n) is 8.36. The topological polar surface area (TPSA) is 50.8 Å². The number of likely N-dealkylation sites (tertiary alicyclic amines) is 1. The van der Waals surface area contributed by atoms with E-state index in [0.717, 1.165) is 44.6 Å². The molecule has 5 nitrogen and oxygen atoms in total. The van der Waals surface area contributed by atoms with Gasteiger partial charge in [0.25, 0.3) is 0 Å². The Balaban J connectivity index is 0.00000208. The van der Waals surface area contributed by atoms with Gasteiger partial charge in [-0.1, -0.05) is 6.07 Å². The van der Waals surface area contributed by atoms with Crippen LogP contribution in [0.15, 0.2) is 18.2 Å². The summed E-state index contributed by atoms with van der Waals surface area (Å²) in [6.07, 6.45) is 3.79. The molecule has 134 valence electrons. The fourth-order valence-electron chi connectivity index (χ4n) is 3.82. The van der Waals surface area contributed by atoms with Crippen LogP contribution in [0.2, 0.25) is 0 Å². The standard InChI is InChI=1S/C18H26N2O3.ClH/c1-22-15-4-3-5-16(23-2)14(15)12-17(21)20-10-7-18(8-11-20)6-9-19-13-18;/h3-5,19H,6-13H2,1-2H3;1H. The zero-order chi connectivity index (χ0) is 16.3. The second-order valence-electron chi connectivity index (χ2n) is 6.63. The van der Waals surface area contributed by atoms with Crippen molar-refractivity contribution in [2.24, 2.45) is 5.41 Å². The predicted molar refractivity (Wildman–Crippen MR) is 96.2 cm³/mol. The first kappa shape index (κ1) is 18.9. The van der Waals surface area contributed by atoms with Crippen molar-refractivity contribution in [3.8, 4) is 11.5 Å². The molecule has 3 rings (SSSR count). The van der Waals surface area contributed by atoms with Crippen molar-refractivity contribution in [1.82, 2.24) is 10.2 Å². The highest BCUT2D eigenvalue weighted by Crippen LogP contribution is 2.37. The van der Waals surface area contributed by atoms with Crippen LogP contribution in [0.1, 0.15) is 24.8 Å². The molecule has 0 radical (unpaired) electrons. The molecule has 2 saturated heterocycles. The number of hydrogen-bond acceptors (Lipinski definition) is 4. The summed E-state index contributed by atoms with van der Waals surface area (Å²) in [6, 6.07) is 5.63. The van der Waals surface area contributed by atoms with Gasteiger partial charge in [-0.05, 0) is 43.4 Å². The molecule has 24 heavy (non-hydrogen) atoms. The van der Waals surface area contributed by atoms with Crippen molar-refractivity contribution in [2.75, 3.05) is 40.4 Å². The maximum atomic E-state index is 12.7. The van der Waals surface area contributed by atoms with E-state index in [4.69, 9.17) is 9.47 Å². The van der Waals surface area contributed by atoms with Crippen LogP contribution in [-0.4, -0.2) is 51.2 Å². The second-order valence-corrected chi connectivity index (χ2v) is 6.63. The van der Waals surface area contributed by atoms with Gasteiger partial charge in [-0.15, -0.1) is 12.4 Å². The lowest BCUT2D eigenvalue weighted by molar-refractivity contribution is -0.132. The monoisotopic (exact) mass is 354 g/mol. The molecule has 0 unspecified atom stereocenters. The first-order valence-corrected chi connectivity index (χ1v) is 8.36. The number of halogens is 1. The minimum atomic E-state index is 0. The highest BCUT2D eigenvalue weighted by Gasteiger charge is 2.38. The number of amides is 1. The van der Waals surface area contributed by atoms with E-state index < -0.39 is 0 Å². The Hall–Kier alpha value is -1.46. The van der Waals surface area contributed by atoms with E-state index in [1.807, 2.05) is 23.1 Å². The third kappa shape index (κ3) is 3.78. The number of benzene rings is 1. The summed E-state index contributed by atoms with van der Waals surface area (Å²) in [5.74, 6) is 1.59. The Kier molecular flexibility index (Phi) is 6.35. The van der Waals surface area contributed by atoms with Gasteiger partial charge in [0.05, 0.1) is 20.6 Å². The predicted octanol–water partition coefficient (Wildman–Crippen LogP) is 2.27. The number of nitrogens with one attached hydrogen (secondary N) is 1. The summed E-state index contributed by atoms with van der Waals surface area (Å²) in [6.45, 7) is 3.94. The average molecular weight is 355 g/mol. The molecule has 0 bridgehead atoms. The highest BCUT2D eigenvalue weighted by molar-refractivity contribution is 5.85. The van der Waals surface area contributed by atoms with E-state index >= 15 is 0 Å². The lowest BCUT2D eigenvalue weighted by Crippen LogP contribution is -2.44. The fraction of sp³-hybridized carbons (Fsp3) is 0.611. The second kappa shape index (κ2) is 8.08. The largest absolute Gasteiger partial charge is 0.496 e. The van der Waals surface area contributed by atoms with E-state index in [0.29, 0.717) is 23.3 Å². The van der Waals surface area contributed by atoms with Gasteiger partial charge in [-0.25, -0.2) is 0 Å². The third-order valence-electron chi connectivity index (χ3n) is 5.37. The Labute approximate surface area is 150 Å². The van der Waals surface area contributed by atoms with Crippen LogP contribution in [-0.2, 0) is 11.2 Å². The lowest BCUT2D eigenvalue weighted by Gasteiger charge is -2.39. The molecule has 1 aromatic rings. The Morgan fingerprint density at radius 1 is 1.17 bits per heavy atom. The van der Waals surface area contributed by atoms with Gasteiger partial charge in [0.1, 0.15) is 11.5 Å². The zero-order valence-electron chi connectivity index (χ0n) is 14.5. The van der Waals surface area contributed by atoms with Crippen LogP contribution in [0, 0.1) is 5.41 Å². The van der Waals surface area contributed by atoms with E-state index in [1.165, 1.54) is 6.42 Å². The van der Waals surface area contributed by atoms with Crippen molar-refractivity contribution in [2.45, 2.75) is 25.7 Å². The number of nitrogens with zero attached hydrogens (tertiary/aromatic N) is 1. The van der Waals surface area contributed by atoms with Crippen molar-refractivity contribution in [3.05, 3.63) is 23.8 Å². The molecule has 2 fully saturated rings. The summed E-state index contributed by atoms with van der Waals surface area (Å²) in [4.78, 5) is 14.7. The number of carbonyl (C=O) groups is 1. The number of carbonyl (C=O) groups excluding carboxylic acids is 1. The van der Waals surface area contributed by atoms with Gasteiger partial charge in [-0.3, -0.25) is 4.79 Å². The van der Waals surface area contributed by atoms with Gasteiger partial charge >= 0.3 is 0 Å². The molecule has 1 aromatic carbocycles. The molecule has 1 spiro atoms. The molecular weight excluding hydrogens is 328 g/mol. The Morgan fingerprint density at radius 2 is 1.79 bits per heavy atom. The molecule has 0 aromatic heterocycles. The molecule has 2 heterocycles. The summed E-state index contributed by atoms with van der Waals surface area (Å²) < 4.78 is 10.8. The minimum Gasteiger partial charge on any atom is -0.496 e. The molecule has 0 atom stereocenters. The summed E-state index contributed by atoms with van der Waals surface area (Å²) in [7, 11) is 3.25. The van der Waals surface area contributed by atoms with Crippen molar-refractivity contribution >= 4 is 18.3 Å². The molecule has 1 N–H and O–H groups in total. The molecule has 2 aliphatic heterocycles. The number of piperidine rings is 1. The molecule has 0 saturated carbocycles. The quantitative estimate of drug-likeness (QED) is 0.901. The van der Waals surface area contributed by atoms with Gasteiger partial charge < -0.3 is 19.7 Å². The van der Waals surface area contributed by atoms with E-state index in [2.05, 4.69) is 5.32 Å². The van der Waals surface area contributed by atoms with Crippen molar-refractivity contribution < 1.29 is 14.3 Å². The smallest absolute Gasteiger partial charge is 0.227 e. The van der Waals surface area contributed by atoms with Gasteiger partial charge in [-0.2, -0.15) is 0 Å². The number of methoxy groups -OCH3 is 2. The highest BCUT2D eigenvalue weighted by atomic mass is 35.5. The number of rotatable bonds is 4. The lowest BCUT2D eigenvalue weighted by atomic mass is 9.78. The van der Waals surface area contributed by atoms with Gasteiger partial charge in [0.15, 0.2) is 0 Å². The molecule has 2 aliphatic rings. The van der Waals surface area contributed by atoms with Crippen molar-refractivity contribution in [1.29, 1.82) is 0 Å². The summed E-state index contributed by atoms with van der Waals surface area (Å²) in [5, 5.41) is 3.46. The minimum absolute atomic E-state index is 0. The Bertz CT molecular complexity index is 541. The third-order valence-corrected chi connectivity index (χ3v) is 5.37. The van der Waals surface area contributed by atoms with Gasteiger partial charge in [0.2, 0.25) is 5.91 Å². The van der Waals surface area contributed by atoms with Crippen LogP contribution in [0.5, 0.6) is 11.5 Å². The molecule has 6 heteroatoms. The number of ether oxygens (including phenoxy) is 2. The van der Waals surface area contributed by atoms with Crippen LogP contribution in [0.25, 0.3) is 0 Å². The van der Waals surface area contributed by atoms with Crippen molar-refractivity contribution in [3.63, 3.8) is 0 Å². The SMILES string of the molecule is COc1cccc(OC)c1CC(=O)N1CCC2(CCNC2)CC1.Cl. The van der Waals surface area contributed by atoms with Crippen LogP contribution in [0.4, 0.5) is 0 Å². The first-order chi connectivity index (χ1) is 11.2. The van der Waals surface area contributed by atoms with Crippen LogP contribution < -0.4 is 14.8 Å². The normalized spacial score (nSPS) is 19.0. The fourth-order valence-corrected chi connectivity index (χ4v) is 3.82. The average Bonchev–Trinajstić information content (AvgIpc) is 3.03. The molecular formula is C18H27ClN2O3. The van der Waals surface area contributed by atoms with Gasteiger partial charge in [0, 0.05) is 25.2 Å². The number of hydrogen-bond donors (Lipinski definition) is 1. The maximum Gasteiger partial charge on any atom is 0.227 e. The summed E-state index contributed by atoms with van der Waals surface area (Å²) >= 11 is 0. The molecule has 0 aliphatic carbocycles. The van der Waals surface area contributed by atoms with Crippen LogP contribution >= 0.6 is 12.4 Å². The van der Waals surface area contributed by atoms with E-state index in [9.17, 15) is 4.79 Å². The summed E-state index contributed by atoms with van der Waals surface area (Å²) in [5.41, 5.74) is 1.27. The van der Waals surface area contributed by atoms with E-state index in [1.54, 1.807) is 14.2 Å². The maximum absolute atomic E-state index is 12.7. The van der Waals surface area contributed by atoms with Crippen LogP contribution in [0.3, 0.4) is 0 Å².